The molecule has 0 amide bonds. The van der Waals surface area contributed by atoms with Crippen molar-refractivity contribution in [3.05, 3.63) is 95.6 Å². The van der Waals surface area contributed by atoms with Crippen molar-refractivity contribution in [2.45, 2.75) is 18.9 Å². The van der Waals surface area contributed by atoms with Crippen LogP contribution in [0.3, 0.4) is 0 Å². The third-order valence-corrected chi connectivity index (χ3v) is 5.96. The molecule has 0 saturated heterocycles. The molecule has 164 valence electrons. The molecular formula is C27H33NO3. The second kappa shape index (κ2) is 10.5. The maximum Gasteiger partial charge on any atom is 0.160 e. The van der Waals surface area contributed by atoms with E-state index in [0.717, 1.165) is 42.1 Å². The highest BCUT2D eigenvalue weighted by Gasteiger charge is 2.37. The van der Waals surface area contributed by atoms with E-state index in [9.17, 15) is 5.11 Å². The van der Waals surface area contributed by atoms with Gasteiger partial charge >= 0.3 is 0 Å². The molecule has 1 N–H and O–H groups in total. The third kappa shape index (κ3) is 5.27. The van der Waals surface area contributed by atoms with Crippen molar-refractivity contribution in [3.63, 3.8) is 0 Å². The van der Waals surface area contributed by atoms with E-state index in [1.165, 1.54) is 5.56 Å². The fraction of sp³-hybridized carbons (Fsp3) is 0.333. The minimum Gasteiger partial charge on any atom is -0.493 e. The van der Waals surface area contributed by atoms with Gasteiger partial charge in [0.25, 0.3) is 0 Å². The summed E-state index contributed by atoms with van der Waals surface area (Å²) in [4.78, 5) is 2.28. The van der Waals surface area contributed by atoms with Crippen LogP contribution in [0.25, 0.3) is 0 Å². The second-order valence-electron chi connectivity index (χ2n) is 8.10. The van der Waals surface area contributed by atoms with E-state index in [-0.39, 0.29) is 5.92 Å². The molecule has 0 fully saturated rings. The summed E-state index contributed by atoms with van der Waals surface area (Å²) in [6.45, 7) is 3.75. The predicted octanol–water partition coefficient (Wildman–Crippen LogP) is 4.75. The van der Waals surface area contributed by atoms with Crippen LogP contribution < -0.4 is 9.47 Å². The molecule has 0 aliphatic carbocycles. The smallest absolute Gasteiger partial charge is 0.160 e. The zero-order valence-electron chi connectivity index (χ0n) is 18.9. The van der Waals surface area contributed by atoms with Gasteiger partial charge in [0, 0.05) is 19.0 Å². The Morgan fingerprint density at radius 2 is 1.39 bits per heavy atom. The molecule has 0 aliphatic rings. The first-order valence-electron chi connectivity index (χ1n) is 10.7. The van der Waals surface area contributed by atoms with Gasteiger partial charge in [-0.25, -0.2) is 0 Å². The molecule has 0 radical (unpaired) electrons. The Bertz CT molecular complexity index is 904. The van der Waals surface area contributed by atoms with Gasteiger partial charge < -0.3 is 19.5 Å². The summed E-state index contributed by atoms with van der Waals surface area (Å²) in [5.41, 5.74) is 1.97. The van der Waals surface area contributed by atoms with E-state index in [4.69, 9.17) is 9.47 Å². The molecule has 0 saturated carbocycles. The van der Waals surface area contributed by atoms with Gasteiger partial charge in [0.2, 0.25) is 0 Å². The Hall–Kier alpha value is -2.82. The average Bonchev–Trinajstić information content (AvgIpc) is 2.83. The molecule has 4 heteroatoms. The summed E-state index contributed by atoms with van der Waals surface area (Å²) in [6, 6.07) is 26.0. The van der Waals surface area contributed by atoms with Gasteiger partial charge in [-0.1, -0.05) is 73.7 Å². The van der Waals surface area contributed by atoms with Crippen LogP contribution in [-0.4, -0.2) is 44.4 Å². The highest BCUT2D eigenvalue weighted by atomic mass is 16.5. The van der Waals surface area contributed by atoms with E-state index < -0.39 is 5.60 Å². The molecule has 0 spiro atoms. The molecule has 3 rings (SSSR count). The quantitative estimate of drug-likeness (QED) is 0.515. The summed E-state index contributed by atoms with van der Waals surface area (Å²) >= 11 is 0. The van der Waals surface area contributed by atoms with Gasteiger partial charge in [0.15, 0.2) is 11.5 Å². The Labute approximate surface area is 186 Å². The van der Waals surface area contributed by atoms with Gasteiger partial charge in [0.05, 0.1) is 14.2 Å². The lowest BCUT2D eigenvalue weighted by Gasteiger charge is -2.37. The molecule has 0 aromatic heterocycles. The number of nitrogens with zero attached hydrogens (tertiary/aromatic N) is 1. The van der Waals surface area contributed by atoms with Gasteiger partial charge in [-0.05, 0) is 42.3 Å². The lowest BCUT2D eigenvalue weighted by atomic mass is 9.76. The van der Waals surface area contributed by atoms with E-state index in [1.807, 2.05) is 72.8 Å². The minimum atomic E-state index is -1.06. The van der Waals surface area contributed by atoms with E-state index in [1.54, 1.807) is 14.2 Å². The van der Waals surface area contributed by atoms with Crippen LogP contribution in [0.1, 0.15) is 23.6 Å². The summed E-state index contributed by atoms with van der Waals surface area (Å²) < 4.78 is 10.7. The van der Waals surface area contributed by atoms with Crippen molar-refractivity contribution in [2.24, 2.45) is 5.92 Å². The summed E-state index contributed by atoms with van der Waals surface area (Å²) in [5, 5.41) is 11.9. The van der Waals surface area contributed by atoms with Crippen LogP contribution in [0.15, 0.2) is 78.9 Å². The summed E-state index contributed by atoms with van der Waals surface area (Å²) in [5.74, 6) is 1.48. The van der Waals surface area contributed by atoms with Crippen LogP contribution in [0, 0.1) is 5.92 Å². The topological polar surface area (TPSA) is 41.9 Å². The second-order valence-corrected chi connectivity index (χ2v) is 8.10. The number of aliphatic hydroxyl groups is 1. The SMILES string of the molecule is COc1ccc(CCN(C)CC(C)C(O)(c2ccccc2)c2ccccc2)cc1OC. The molecule has 3 aromatic rings. The number of rotatable bonds is 10. The van der Waals surface area contributed by atoms with E-state index in [2.05, 4.69) is 24.9 Å². The lowest BCUT2D eigenvalue weighted by Crippen LogP contribution is -2.41. The van der Waals surface area contributed by atoms with Crippen molar-refractivity contribution in [2.75, 3.05) is 34.4 Å². The number of benzene rings is 3. The monoisotopic (exact) mass is 419 g/mol. The molecule has 0 bridgehead atoms. The van der Waals surface area contributed by atoms with Crippen LogP contribution in [0.2, 0.25) is 0 Å². The van der Waals surface area contributed by atoms with Gasteiger partial charge in [0.1, 0.15) is 5.60 Å². The zero-order valence-corrected chi connectivity index (χ0v) is 18.9. The van der Waals surface area contributed by atoms with Crippen LogP contribution in [0.4, 0.5) is 0 Å². The fourth-order valence-corrected chi connectivity index (χ4v) is 4.17. The zero-order chi connectivity index (χ0) is 22.3. The molecule has 0 aliphatic heterocycles. The van der Waals surface area contributed by atoms with Gasteiger partial charge in [-0.3, -0.25) is 0 Å². The standard InChI is InChI=1S/C27H33NO3/c1-21(20-28(2)18-17-22-15-16-25(30-3)26(19-22)31-4)27(29,23-11-7-5-8-12-23)24-13-9-6-10-14-24/h5-16,19,21,29H,17-18,20H2,1-4H3. The van der Waals surface area contributed by atoms with E-state index >= 15 is 0 Å². The van der Waals surface area contributed by atoms with Crippen molar-refractivity contribution in [1.29, 1.82) is 0 Å². The molecule has 1 atom stereocenters. The summed E-state index contributed by atoms with van der Waals surface area (Å²) in [7, 11) is 5.41. The number of hydrogen-bond acceptors (Lipinski definition) is 4. The maximum atomic E-state index is 11.9. The van der Waals surface area contributed by atoms with Crippen molar-refractivity contribution in [1.82, 2.24) is 4.90 Å². The molecule has 1 unspecified atom stereocenters. The first-order chi connectivity index (χ1) is 15.0. The molecular weight excluding hydrogens is 386 g/mol. The van der Waals surface area contributed by atoms with E-state index in [0.29, 0.717) is 0 Å². The number of methoxy groups -OCH3 is 2. The first kappa shape index (κ1) is 22.9. The average molecular weight is 420 g/mol. The summed E-state index contributed by atoms with van der Waals surface area (Å²) in [6.07, 6.45) is 0.888. The molecule has 31 heavy (non-hydrogen) atoms. The highest BCUT2D eigenvalue weighted by Crippen LogP contribution is 2.37. The van der Waals surface area contributed by atoms with Crippen LogP contribution in [-0.2, 0) is 12.0 Å². The molecule has 3 aromatic carbocycles. The minimum absolute atomic E-state index is 0.00676. The van der Waals surface area contributed by atoms with Gasteiger partial charge in [-0.2, -0.15) is 0 Å². The Balaban J connectivity index is 1.72. The van der Waals surface area contributed by atoms with Gasteiger partial charge in [-0.15, -0.1) is 0 Å². The molecule has 4 nitrogen and oxygen atoms in total. The largest absolute Gasteiger partial charge is 0.493 e. The Morgan fingerprint density at radius 1 is 0.839 bits per heavy atom. The Kier molecular flexibility index (Phi) is 7.72. The molecule has 0 heterocycles. The van der Waals surface area contributed by atoms with Crippen LogP contribution >= 0.6 is 0 Å². The number of ether oxygens (including phenoxy) is 2. The lowest BCUT2D eigenvalue weighted by molar-refractivity contribution is 0.0108. The third-order valence-electron chi connectivity index (χ3n) is 5.96. The maximum absolute atomic E-state index is 11.9. The predicted molar refractivity (Wildman–Crippen MR) is 126 cm³/mol. The van der Waals surface area contributed by atoms with Crippen molar-refractivity contribution in [3.8, 4) is 11.5 Å². The number of hydrogen-bond donors (Lipinski definition) is 1. The highest BCUT2D eigenvalue weighted by molar-refractivity contribution is 5.43. The van der Waals surface area contributed by atoms with Crippen molar-refractivity contribution >= 4 is 0 Å². The Morgan fingerprint density at radius 3 is 1.90 bits per heavy atom. The number of likely N-dealkylation sites (N-methyl/N-ethyl adjacent to an activating group) is 1. The van der Waals surface area contributed by atoms with Crippen molar-refractivity contribution < 1.29 is 14.6 Å². The van der Waals surface area contributed by atoms with Crippen LogP contribution in [0.5, 0.6) is 11.5 Å². The fourth-order valence-electron chi connectivity index (χ4n) is 4.17. The first-order valence-corrected chi connectivity index (χ1v) is 10.7. The normalized spacial score (nSPS) is 12.6.